The zero-order valence-electron chi connectivity index (χ0n) is 11.5. The molecule has 0 aliphatic heterocycles. The molecule has 0 bridgehead atoms. The van der Waals surface area contributed by atoms with Crippen molar-refractivity contribution in [2.75, 3.05) is 0 Å². The van der Waals surface area contributed by atoms with Crippen LogP contribution in [-0.4, -0.2) is 27.9 Å². The number of carbonyl (C=O) groups excluding carboxylic acids is 1. The summed E-state index contributed by atoms with van der Waals surface area (Å²) in [6, 6.07) is 2.68. The average molecular weight is 315 g/mol. The number of benzene rings is 1. The first-order chi connectivity index (χ1) is 9.79. The minimum absolute atomic E-state index is 0.102. The molecule has 0 aliphatic rings. The van der Waals surface area contributed by atoms with Crippen LogP contribution in [0.3, 0.4) is 0 Å². The Morgan fingerprint density at radius 2 is 2.10 bits per heavy atom. The highest BCUT2D eigenvalue weighted by molar-refractivity contribution is 6.34. The number of nitro benzene ring substituents is 1. The van der Waals surface area contributed by atoms with Crippen molar-refractivity contribution in [2.24, 2.45) is 5.92 Å². The Kier molecular flexibility index (Phi) is 5.66. The minimum atomic E-state index is -1.20. The summed E-state index contributed by atoms with van der Waals surface area (Å²) in [4.78, 5) is 33.6. The van der Waals surface area contributed by atoms with Crippen LogP contribution in [0.25, 0.3) is 0 Å². The number of nitrogens with one attached hydrogen (secondary N) is 1. The number of nitro groups is 1. The van der Waals surface area contributed by atoms with Crippen LogP contribution in [-0.2, 0) is 4.79 Å². The number of carbonyl (C=O) groups is 2. The molecule has 1 aromatic carbocycles. The Bertz CT molecular complexity index is 576. The van der Waals surface area contributed by atoms with Gasteiger partial charge in [-0.1, -0.05) is 37.9 Å². The van der Waals surface area contributed by atoms with Gasteiger partial charge in [0.25, 0.3) is 11.6 Å². The fourth-order valence-electron chi connectivity index (χ4n) is 1.79. The highest BCUT2D eigenvalue weighted by Crippen LogP contribution is 2.26. The molecule has 0 saturated carbocycles. The lowest BCUT2D eigenvalue weighted by atomic mass is 9.99. The first kappa shape index (κ1) is 16.9. The molecule has 0 radical (unpaired) electrons. The van der Waals surface area contributed by atoms with Crippen molar-refractivity contribution in [1.82, 2.24) is 5.32 Å². The van der Waals surface area contributed by atoms with E-state index in [9.17, 15) is 19.7 Å². The molecule has 1 rings (SSSR count). The number of aliphatic carboxylic acids is 1. The third-order valence-corrected chi connectivity index (χ3v) is 3.50. The van der Waals surface area contributed by atoms with Crippen LogP contribution in [0.4, 0.5) is 5.69 Å². The molecule has 0 aromatic heterocycles. The summed E-state index contributed by atoms with van der Waals surface area (Å²) < 4.78 is 0. The van der Waals surface area contributed by atoms with Crippen LogP contribution < -0.4 is 5.32 Å². The van der Waals surface area contributed by atoms with Crippen molar-refractivity contribution in [3.8, 4) is 0 Å². The van der Waals surface area contributed by atoms with Gasteiger partial charge >= 0.3 is 5.97 Å². The van der Waals surface area contributed by atoms with Gasteiger partial charge in [-0.05, 0) is 12.0 Å². The molecule has 2 atom stereocenters. The Hall–Kier alpha value is -2.15. The first-order valence-corrected chi connectivity index (χ1v) is 6.63. The summed E-state index contributed by atoms with van der Waals surface area (Å²) in [5.41, 5.74) is -0.799. The van der Waals surface area contributed by atoms with Gasteiger partial charge in [0.2, 0.25) is 0 Å². The van der Waals surface area contributed by atoms with E-state index < -0.39 is 28.5 Å². The second-order valence-electron chi connectivity index (χ2n) is 4.57. The van der Waals surface area contributed by atoms with E-state index in [1.54, 1.807) is 13.8 Å². The number of rotatable bonds is 6. The minimum Gasteiger partial charge on any atom is -0.480 e. The van der Waals surface area contributed by atoms with E-state index in [2.05, 4.69) is 5.32 Å². The van der Waals surface area contributed by atoms with Crippen molar-refractivity contribution in [2.45, 2.75) is 26.3 Å². The topological polar surface area (TPSA) is 110 Å². The number of carboxylic acid groups (broad SMARTS) is 1. The molecule has 0 spiro atoms. The molecular formula is C13H15ClN2O5. The van der Waals surface area contributed by atoms with Gasteiger partial charge < -0.3 is 10.4 Å². The molecule has 1 amide bonds. The van der Waals surface area contributed by atoms with Crippen LogP contribution in [0, 0.1) is 16.0 Å². The van der Waals surface area contributed by atoms with E-state index in [-0.39, 0.29) is 16.5 Å². The van der Waals surface area contributed by atoms with Crippen LogP contribution in [0.5, 0.6) is 0 Å². The van der Waals surface area contributed by atoms with Gasteiger partial charge in [-0.15, -0.1) is 0 Å². The molecule has 1 unspecified atom stereocenters. The first-order valence-electron chi connectivity index (χ1n) is 6.26. The Morgan fingerprint density at radius 1 is 1.48 bits per heavy atom. The highest BCUT2D eigenvalue weighted by atomic mass is 35.5. The van der Waals surface area contributed by atoms with E-state index in [1.165, 1.54) is 12.1 Å². The second kappa shape index (κ2) is 7.03. The van der Waals surface area contributed by atoms with Crippen molar-refractivity contribution in [3.05, 3.63) is 38.9 Å². The number of halogens is 1. The van der Waals surface area contributed by atoms with Gasteiger partial charge in [0.05, 0.1) is 9.95 Å². The van der Waals surface area contributed by atoms with E-state index in [0.717, 1.165) is 6.07 Å². The quantitative estimate of drug-likeness (QED) is 0.619. The zero-order valence-corrected chi connectivity index (χ0v) is 12.3. The van der Waals surface area contributed by atoms with E-state index >= 15 is 0 Å². The molecule has 0 heterocycles. The van der Waals surface area contributed by atoms with Gasteiger partial charge in [0, 0.05) is 6.07 Å². The third kappa shape index (κ3) is 3.91. The fourth-order valence-corrected chi connectivity index (χ4v) is 2.04. The van der Waals surface area contributed by atoms with Crippen LogP contribution >= 0.6 is 11.6 Å². The Labute approximate surface area is 126 Å². The molecule has 21 heavy (non-hydrogen) atoms. The molecule has 7 nitrogen and oxygen atoms in total. The van der Waals surface area contributed by atoms with E-state index in [1.807, 2.05) is 0 Å². The van der Waals surface area contributed by atoms with Crippen molar-refractivity contribution in [1.29, 1.82) is 0 Å². The Morgan fingerprint density at radius 3 is 2.57 bits per heavy atom. The van der Waals surface area contributed by atoms with Gasteiger partial charge in [-0.25, -0.2) is 4.79 Å². The van der Waals surface area contributed by atoms with Gasteiger partial charge in [0.15, 0.2) is 0 Å². The third-order valence-electron chi connectivity index (χ3n) is 3.18. The number of hydrogen-bond donors (Lipinski definition) is 2. The number of hydrogen-bond acceptors (Lipinski definition) is 4. The number of carboxylic acids is 1. The Balaban J connectivity index is 3.14. The number of amides is 1. The molecule has 114 valence electrons. The number of nitrogens with zero attached hydrogens (tertiary/aromatic N) is 1. The van der Waals surface area contributed by atoms with Crippen LogP contribution in [0.1, 0.15) is 30.6 Å². The fraction of sp³-hybridized carbons (Fsp3) is 0.385. The largest absolute Gasteiger partial charge is 0.480 e. The predicted octanol–water partition coefficient (Wildman–Crippen LogP) is 2.48. The lowest BCUT2D eigenvalue weighted by Gasteiger charge is -2.20. The van der Waals surface area contributed by atoms with Gasteiger partial charge in [-0.3, -0.25) is 14.9 Å². The lowest BCUT2D eigenvalue weighted by molar-refractivity contribution is -0.385. The summed E-state index contributed by atoms with van der Waals surface area (Å²) >= 11 is 5.83. The summed E-state index contributed by atoms with van der Waals surface area (Å²) in [5.74, 6) is -2.40. The summed E-state index contributed by atoms with van der Waals surface area (Å²) in [6.45, 7) is 3.45. The second-order valence-corrected chi connectivity index (χ2v) is 4.97. The molecule has 0 saturated heterocycles. The molecule has 0 aliphatic carbocycles. The van der Waals surface area contributed by atoms with Crippen LogP contribution in [0.2, 0.25) is 5.02 Å². The molecule has 2 N–H and O–H groups in total. The zero-order chi connectivity index (χ0) is 16.2. The predicted molar refractivity (Wildman–Crippen MR) is 76.5 cm³/mol. The lowest BCUT2D eigenvalue weighted by Crippen LogP contribution is -2.45. The van der Waals surface area contributed by atoms with Crippen molar-refractivity contribution >= 4 is 29.2 Å². The van der Waals surface area contributed by atoms with E-state index in [4.69, 9.17) is 16.7 Å². The van der Waals surface area contributed by atoms with E-state index in [0.29, 0.717) is 6.42 Å². The summed E-state index contributed by atoms with van der Waals surface area (Å²) in [6.07, 6.45) is 0.530. The van der Waals surface area contributed by atoms with Crippen LogP contribution in [0.15, 0.2) is 18.2 Å². The van der Waals surface area contributed by atoms with Gasteiger partial charge in [0.1, 0.15) is 11.6 Å². The maximum absolute atomic E-state index is 12.2. The normalized spacial score (nSPS) is 13.3. The SMILES string of the molecule is CCC(C)[C@H](NC(=O)c1c(Cl)cccc1[N+](=O)[O-])C(=O)O. The average Bonchev–Trinajstić information content (AvgIpc) is 2.42. The smallest absolute Gasteiger partial charge is 0.326 e. The van der Waals surface area contributed by atoms with Crippen molar-refractivity contribution < 1.29 is 19.6 Å². The molecule has 0 fully saturated rings. The highest BCUT2D eigenvalue weighted by Gasteiger charge is 2.30. The molecule has 1 aromatic rings. The summed E-state index contributed by atoms with van der Waals surface area (Å²) in [5, 5.41) is 22.3. The maximum atomic E-state index is 12.2. The van der Waals surface area contributed by atoms with Gasteiger partial charge in [-0.2, -0.15) is 0 Å². The summed E-state index contributed by atoms with van der Waals surface area (Å²) in [7, 11) is 0. The monoisotopic (exact) mass is 314 g/mol. The standard InChI is InChI=1S/C13H15ClN2O5/c1-3-7(2)11(13(18)19)15-12(17)10-8(14)5-4-6-9(10)16(20)21/h4-7,11H,3H2,1-2H3,(H,15,17)(H,18,19)/t7?,11-/m0/s1. The maximum Gasteiger partial charge on any atom is 0.326 e. The van der Waals surface area contributed by atoms with Crippen molar-refractivity contribution in [3.63, 3.8) is 0 Å². The molecule has 8 heteroatoms. The molecular weight excluding hydrogens is 300 g/mol.